The number of ether oxygens (including phenoxy) is 1. The second kappa shape index (κ2) is 5.14. The molecule has 0 bridgehead atoms. The summed E-state index contributed by atoms with van der Waals surface area (Å²) in [4.78, 5) is 12.1. The molecule has 0 unspecified atom stereocenters. The predicted molar refractivity (Wildman–Crippen MR) is 72.3 cm³/mol. The maximum Gasteiger partial charge on any atom is 0.341 e. The number of hydrogen-bond acceptors (Lipinski definition) is 3. The van der Waals surface area contributed by atoms with Crippen molar-refractivity contribution in [3.8, 4) is 5.75 Å². The van der Waals surface area contributed by atoms with Crippen LogP contribution in [0.1, 0.15) is 51.9 Å². The van der Waals surface area contributed by atoms with Crippen LogP contribution in [0.25, 0.3) is 0 Å². The van der Waals surface area contributed by atoms with Crippen molar-refractivity contribution in [1.82, 2.24) is 0 Å². The average Bonchev–Trinajstić information content (AvgIpc) is 2.27. The number of benzene rings is 1. The minimum Gasteiger partial charge on any atom is -0.540 e. The molecule has 0 heterocycles. The van der Waals surface area contributed by atoms with Crippen molar-refractivity contribution >= 4 is 16.5 Å². The van der Waals surface area contributed by atoms with Gasteiger partial charge in [0.1, 0.15) is 11.3 Å². The standard InChI is InChI=1S/C14H19O3Si/c1-8-7-10(13(15)16-6)12(17-18)11(9(8)2)14(3,4)5/h7H,1-6H3/i6D3. The van der Waals surface area contributed by atoms with E-state index in [4.69, 9.17) is 8.54 Å². The first-order valence-electron chi connectivity index (χ1n) is 7.10. The molecule has 4 heteroatoms. The molecule has 0 N–H and O–H groups in total. The Morgan fingerprint density at radius 1 is 1.39 bits per heavy atom. The van der Waals surface area contributed by atoms with Gasteiger partial charge in [-0.1, -0.05) is 20.8 Å². The zero-order chi connectivity index (χ0) is 16.6. The van der Waals surface area contributed by atoms with Gasteiger partial charge in [-0.2, -0.15) is 0 Å². The van der Waals surface area contributed by atoms with Crippen LogP contribution in [0.5, 0.6) is 5.75 Å². The van der Waals surface area contributed by atoms with E-state index in [-0.39, 0.29) is 16.7 Å². The second-order valence-corrected chi connectivity index (χ2v) is 5.52. The van der Waals surface area contributed by atoms with Gasteiger partial charge in [0.2, 0.25) is 0 Å². The van der Waals surface area contributed by atoms with Gasteiger partial charge in [0.25, 0.3) is 0 Å². The van der Waals surface area contributed by atoms with Gasteiger partial charge < -0.3 is 9.16 Å². The van der Waals surface area contributed by atoms with E-state index in [2.05, 4.69) is 15.2 Å². The van der Waals surface area contributed by atoms with Crippen molar-refractivity contribution in [2.24, 2.45) is 0 Å². The molecule has 0 saturated carbocycles. The highest BCUT2D eigenvalue weighted by molar-refractivity contribution is 6.02. The highest BCUT2D eigenvalue weighted by Gasteiger charge is 2.27. The topological polar surface area (TPSA) is 35.5 Å². The molecule has 1 aromatic rings. The van der Waals surface area contributed by atoms with Crippen molar-refractivity contribution in [2.75, 3.05) is 7.04 Å². The molecular formula is C14H19O3Si. The van der Waals surface area contributed by atoms with Crippen molar-refractivity contribution in [2.45, 2.75) is 40.0 Å². The van der Waals surface area contributed by atoms with E-state index in [1.807, 2.05) is 34.6 Å². The van der Waals surface area contributed by atoms with E-state index >= 15 is 0 Å². The first kappa shape index (κ1) is 10.6. The van der Waals surface area contributed by atoms with Gasteiger partial charge in [0.15, 0.2) is 0 Å². The second-order valence-electron chi connectivity index (χ2n) is 5.31. The molecule has 1 aromatic carbocycles. The van der Waals surface area contributed by atoms with Crippen molar-refractivity contribution < 1.29 is 18.1 Å². The smallest absolute Gasteiger partial charge is 0.341 e. The highest BCUT2D eigenvalue weighted by atomic mass is 28.2. The molecule has 97 valence electrons. The van der Waals surface area contributed by atoms with Crippen LogP contribution in [0.3, 0.4) is 0 Å². The van der Waals surface area contributed by atoms with Crippen molar-refractivity contribution in [3.63, 3.8) is 0 Å². The van der Waals surface area contributed by atoms with Crippen molar-refractivity contribution in [1.29, 1.82) is 0 Å². The largest absolute Gasteiger partial charge is 0.540 e. The molecule has 1 rings (SSSR count). The van der Waals surface area contributed by atoms with E-state index in [0.29, 0.717) is 0 Å². The summed E-state index contributed by atoms with van der Waals surface area (Å²) in [6, 6.07) is 1.58. The Morgan fingerprint density at radius 2 is 2.00 bits per heavy atom. The van der Waals surface area contributed by atoms with Gasteiger partial charge in [-0.05, 0) is 36.5 Å². The van der Waals surface area contributed by atoms with Crippen LogP contribution in [0, 0.1) is 13.8 Å². The lowest BCUT2D eigenvalue weighted by Crippen LogP contribution is -2.18. The molecule has 0 aliphatic carbocycles. The van der Waals surface area contributed by atoms with E-state index in [1.54, 1.807) is 6.07 Å². The zero-order valence-corrected chi connectivity index (χ0v) is 12.3. The molecule has 0 aliphatic rings. The molecule has 0 saturated heterocycles. The van der Waals surface area contributed by atoms with E-state index < -0.39 is 13.0 Å². The Labute approximate surface area is 116 Å². The Kier molecular flexibility index (Phi) is 3.03. The van der Waals surface area contributed by atoms with Crippen LogP contribution in [-0.2, 0) is 10.2 Å². The summed E-state index contributed by atoms with van der Waals surface area (Å²) in [6.07, 6.45) is 0. The van der Waals surface area contributed by atoms with Crippen LogP contribution in [-0.4, -0.2) is 23.5 Å². The number of esters is 1. The number of carbonyl (C=O) groups is 1. The molecular weight excluding hydrogens is 244 g/mol. The molecule has 0 spiro atoms. The van der Waals surface area contributed by atoms with E-state index in [9.17, 15) is 4.79 Å². The first-order chi connectivity index (χ1) is 9.38. The summed E-state index contributed by atoms with van der Waals surface area (Å²) in [6.45, 7) is 9.75. The summed E-state index contributed by atoms with van der Waals surface area (Å²) in [5, 5.41) is 0. The van der Waals surface area contributed by atoms with Gasteiger partial charge in [0.05, 0.1) is 11.2 Å². The minimum atomic E-state index is -2.79. The van der Waals surface area contributed by atoms with Crippen LogP contribution < -0.4 is 4.43 Å². The van der Waals surface area contributed by atoms with Crippen LogP contribution >= 0.6 is 0 Å². The average molecular weight is 266 g/mol. The summed E-state index contributed by atoms with van der Waals surface area (Å²) < 4.78 is 30.8. The zero-order valence-electron chi connectivity index (χ0n) is 14.3. The third-order valence-corrected chi connectivity index (χ3v) is 3.17. The number of carbonyl (C=O) groups excluding carboxylic acids is 1. The lowest BCUT2D eigenvalue weighted by Gasteiger charge is -2.27. The van der Waals surface area contributed by atoms with Crippen molar-refractivity contribution in [3.05, 3.63) is 28.3 Å². The molecule has 18 heavy (non-hydrogen) atoms. The fourth-order valence-corrected chi connectivity index (χ4v) is 2.32. The summed E-state index contributed by atoms with van der Waals surface area (Å²) >= 11 is 0. The van der Waals surface area contributed by atoms with Crippen LogP contribution in [0.2, 0.25) is 0 Å². The molecule has 0 atom stereocenters. The molecule has 3 radical (unpaired) electrons. The summed E-state index contributed by atoms with van der Waals surface area (Å²) in [5.41, 5.74) is 2.49. The van der Waals surface area contributed by atoms with Gasteiger partial charge in [0, 0.05) is 5.56 Å². The molecule has 0 aliphatic heterocycles. The molecule has 0 fully saturated rings. The van der Waals surface area contributed by atoms with Gasteiger partial charge in [-0.3, -0.25) is 0 Å². The quantitative estimate of drug-likeness (QED) is 0.610. The Bertz CT molecular complexity index is 560. The summed E-state index contributed by atoms with van der Waals surface area (Å²) in [5.74, 6) is -0.645. The number of hydrogen-bond donors (Lipinski definition) is 0. The van der Waals surface area contributed by atoms with Gasteiger partial charge in [-0.25, -0.2) is 4.79 Å². The number of methoxy groups -OCH3 is 1. The third-order valence-electron chi connectivity index (χ3n) is 2.96. The molecule has 0 amide bonds. The monoisotopic (exact) mass is 266 g/mol. The van der Waals surface area contributed by atoms with E-state index in [1.165, 1.54) is 0 Å². The first-order valence-corrected chi connectivity index (χ1v) is 6.01. The summed E-state index contributed by atoms with van der Waals surface area (Å²) in [7, 11) is 0.173. The lowest BCUT2D eigenvalue weighted by molar-refractivity contribution is 0.0598. The minimum absolute atomic E-state index is 0.0918. The highest BCUT2D eigenvalue weighted by Crippen LogP contribution is 2.38. The molecule has 3 nitrogen and oxygen atoms in total. The fraction of sp³-hybridized carbons (Fsp3) is 0.500. The lowest BCUT2D eigenvalue weighted by atomic mass is 9.80. The van der Waals surface area contributed by atoms with E-state index in [0.717, 1.165) is 16.7 Å². The maximum absolute atomic E-state index is 12.1. The number of rotatable bonds is 2. The predicted octanol–water partition coefficient (Wildman–Crippen LogP) is 2.85. The van der Waals surface area contributed by atoms with Gasteiger partial charge >= 0.3 is 16.5 Å². The Hall–Kier alpha value is -1.29. The van der Waals surface area contributed by atoms with Crippen LogP contribution in [0.4, 0.5) is 0 Å². The third kappa shape index (κ3) is 2.58. The number of aryl methyl sites for hydroxylation is 1. The normalized spacial score (nSPS) is 14.4. The fourth-order valence-electron chi connectivity index (χ4n) is 2.11. The Morgan fingerprint density at radius 3 is 2.44 bits per heavy atom. The Balaban J connectivity index is 3.54. The maximum atomic E-state index is 12.1. The SMILES string of the molecule is [2H]C([2H])([2H])OC(=O)c1cc(C)c(C)c(C(C)(C)C)c1O[Si]. The van der Waals surface area contributed by atoms with Gasteiger partial charge in [-0.15, -0.1) is 0 Å². The van der Waals surface area contributed by atoms with Crippen LogP contribution in [0.15, 0.2) is 6.07 Å². The molecule has 0 aromatic heterocycles.